The van der Waals surface area contributed by atoms with Crippen molar-refractivity contribution in [2.45, 2.75) is 31.6 Å². The van der Waals surface area contributed by atoms with Gasteiger partial charge in [-0.2, -0.15) is 13.2 Å². The Bertz CT molecular complexity index is 468. The number of nitrogens with one attached hydrogen (secondary N) is 1. The lowest BCUT2D eigenvalue weighted by molar-refractivity contribution is -0.137. The second-order valence-electron chi connectivity index (χ2n) is 5.83. The summed E-state index contributed by atoms with van der Waals surface area (Å²) in [5.41, 5.74) is 0.195. The van der Waals surface area contributed by atoms with Crippen LogP contribution in [0.2, 0.25) is 0 Å². The van der Waals surface area contributed by atoms with Gasteiger partial charge in [-0.1, -0.05) is 18.2 Å². The van der Waals surface area contributed by atoms with E-state index >= 15 is 0 Å². The minimum Gasteiger partial charge on any atom is -0.311 e. The average molecular weight is 284 g/mol. The molecule has 1 aromatic rings. The monoisotopic (exact) mass is 284 g/mol. The maximum absolute atomic E-state index is 12.7. The first-order valence-corrected chi connectivity index (χ1v) is 7.14. The first-order chi connectivity index (χ1) is 9.52. The Balaban J connectivity index is 1.65. The van der Waals surface area contributed by atoms with Gasteiger partial charge in [-0.25, -0.2) is 0 Å². The van der Waals surface area contributed by atoms with Crippen LogP contribution in [0.25, 0.3) is 0 Å². The summed E-state index contributed by atoms with van der Waals surface area (Å²) in [6, 6.07) is 6.21. The van der Waals surface area contributed by atoms with E-state index in [1.54, 1.807) is 6.07 Å². The molecule has 1 aliphatic heterocycles. The van der Waals surface area contributed by atoms with Gasteiger partial charge in [-0.3, -0.25) is 4.90 Å². The molecule has 0 radical (unpaired) electrons. The van der Waals surface area contributed by atoms with E-state index in [1.807, 2.05) is 0 Å². The summed E-state index contributed by atoms with van der Waals surface area (Å²) in [5, 5.41) is 3.51. The molecular weight excluding hydrogens is 265 g/mol. The van der Waals surface area contributed by atoms with Gasteiger partial charge in [-0.15, -0.1) is 0 Å². The summed E-state index contributed by atoms with van der Waals surface area (Å²) in [6.45, 7) is 3.38. The fraction of sp³-hybridized carbons (Fsp3) is 0.600. The Labute approximate surface area is 117 Å². The lowest BCUT2D eigenvalue weighted by Gasteiger charge is -2.34. The van der Waals surface area contributed by atoms with E-state index < -0.39 is 11.7 Å². The molecule has 20 heavy (non-hydrogen) atoms. The van der Waals surface area contributed by atoms with Gasteiger partial charge >= 0.3 is 6.18 Å². The summed E-state index contributed by atoms with van der Waals surface area (Å²) in [6.07, 6.45) is -1.68. The van der Waals surface area contributed by atoms with Crippen molar-refractivity contribution in [2.24, 2.45) is 5.92 Å². The first-order valence-electron chi connectivity index (χ1n) is 7.14. The van der Waals surface area contributed by atoms with Crippen LogP contribution in [0.3, 0.4) is 0 Å². The van der Waals surface area contributed by atoms with Crippen LogP contribution in [0.15, 0.2) is 24.3 Å². The number of hydrogen-bond donors (Lipinski definition) is 1. The number of hydrogen-bond acceptors (Lipinski definition) is 2. The molecule has 110 valence electrons. The van der Waals surface area contributed by atoms with E-state index in [0.717, 1.165) is 37.2 Å². The van der Waals surface area contributed by atoms with Crippen LogP contribution in [0, 0.1) is 5.92 Å². The largest absolute Gasteiger partial charge is 0.416 e. The second kappa shape index (κ2) is 5.37. The average Bonchev–Trinajstić information content (AvgIpc) is 3.23. The molecular formula is C15H19F3N2. The summed E-state index contributed by atoms with van der Waals surface area (Å²) >= 11 is 0. The Morgan fingerprint density at radius 3 is 2.75 bits per heavy atom. The molecule has 1 aromatic carbocycles. The van der Waals surface area contributed by atoms with Crippen molar-refractivity contribution < 1.29 is 13.2 Å². The normalized spacial score (nSPS) is 24.9. The van der Waals surface area contributed by atoms with Crippen LogP contribution in [-0.2, 0) is 12.7 Å². The van der Waals surface area contributed by atoms with Crippen LogP contribution < -0.4 is 5.32 Å². The first kappa shape index (κ1) is 13.9. The minimum absolute atomic E-state index is 0.523. The molecule has 2 aliphatic rings. The predicted octanol–water partition coefficient (Wildman–Crippen LogP) is 2.89. The summed E-state index contributed by atoms with van der Waals surface area (Å²) < 4.78 is 38.1. The van der Waals surface area contributed by atoms with Crippen molar-refractivity contribution in [3.05, 3.63) is 35.4 Å². The highest BCUT2D eigenvalue weighted by Crippen LogP contribution is 2.34. The van der Waals surface area contributed by atoms with Gasteiger partial charge in [0.15, 0.2) is 0 Å². The molecule has 1 N–H and O–H groups in total. The van der Waals surface area contributed by atoms with Crippen molar-refractivity contribution in [1.29, 1.82) is 0 Å². The Hall–Kier alpha value is -1.07. The third-order valence-electron chi connectivity index (χ3n) is 4.14. The number of rotatable bonds is 3. The van der Waals surface area contributed by atoms with Crippen LogP contribution in [0.4, 0.5) is 13.2 Å². The van der Waals surface area contributed by atoms with Gasteiger partial charge in [-0.05, 0) is 30.4 Å². The van der Waals surface area contributed by atoms with Gasteiger partial charge < -0.3 is 5.32 Å². The Morgan fingerprint density at radius 2 is 2.05 bits per heavy atom. The maximum Gasteiger partial charge on any atom is 0.416 e. The molecule has 1 saturated carbocycles. The second-order valence-corrected chi connectivity index (χ2v) is 5.83. The van der Waals surface area contributed by atoms with Crippen LogP contribution in [-0.4, -0.2) is 30.6 Å². The fourth-order valence-corrected chi connectivity index (χ4v) is 2.90. The van der Waals surface area contributed by atoms with E-state index in [9.17, 15) is 13.2 Å². The molecule has 0 spiro atoms. The standard InChI is InChI=1S/C15H19F3N2/c16-15(17,18)13-3-1-2-11(8-13)9-20-7-6-19-14(10-20)12-4-5-12/h1-3,8,12,14,19H,4-7,9-10H2. The van der Waals surface area contributed by atoms with Crippen molar-refractivity contribution in [3.8, 4) is 0 Å². The Kier molecular flexibility index (Phi) is 3.73. The summed E-state index contributed by atoms with van der Waals surface area (Å²) in [5.74, 6) is 0.777. The zero-order valence-corrected chi connectivity index (χ0v) is 11.3. The van der Waals surface area contributed by atoms with Crippen molar-refractivity contribution in [3.63, 3.8) is 0 Å². The third kappa shape index (κ3) is 3.33. The number of halogens is 3. The van der Waals surface area contributed by atoms with Gasteiger partial charge in [0.1, 0.15) is 0 Å². The lowest BCUT2D eigenvalue weighted by Crippen LogP contribution is -2.51. The number of alkyl halides is 3. The molecule has 1 saturated heterocycles. The summed E-state index contributed by atoms with van der Waals surface area (Å²) in [7, 11) is 0. The van der Waals surface area contributed by atoms with Crippen LogP contribution in [0.1, 0.15) is 24.0 Å². The fourth-order valence-electron chi connectivity index (χ4n) is 2.90. The molecule has 1 unspecified atom stereocenters. The number of piperazine rings is 1. The molecule has 1 aliphatic carbocycles. The number of benzene rings is 1. The maximum atomic E-state index is 12.7. The van der Waals surface area contributed by atoms with Crippen LogP contribution >= 0.6 is 0 Å². The van der Waals surface area contributed by atoms with E-state index in [0.29, 0.717) is 12.6 Å². The smallest absolute Gasteiger partial charge is 0.311 e. The van der Waals surface area contributed by atoms with Gasteiger partial charge in [0.05, 0.1) is 5.56 Å². The molecule has 1 atom stereocenters. The minimum atomic E-state index is -4.25. The predicted molar refractivity (Wildman–Crippen MR) is 71.2 cm³/mol. The van der Waals surface area contributed by atoms with E-state index in [-0.39, 0.29) is 0 Å². The topological polar surface area (TPSA) is 15.3 Å². The molecule has 0 amide bonds. The molecule has 2 fully saturated rings. The van der Waals surface area contributed by atoms with Gasteiger partial charge in [0.25, 0.3) is 0 Å². The zero-order chi connectivity index (χ0) is 14.2. The highest BCUT2D eigenvalue weighted by molar-refractivity contribution is 5.25. The van der Waals surface area contributed by atoms with Gasteiger partial charge in [0.2, 0.25) is 0 Å². The molecule has 1 heterocycles. The lowest BCUT2D eigenvalue weighted by atomic mass is 10.1. The van der Waals surface area contributed by atoms with E-state index in [2.05, 4.69) is 10.2 Å². The number of nitrogens with zero attached hydrogens (tertiary/aromatic N) is 1. The van der Waals surface area contributed by atoms with Crippen molar-refractivity contribution >= 4 is 0 Å². The molecule has 0 aromatic heterocycles. The zero-order valence-electron chi connectivity index (χ0n) is 11.3. The summed E-state index contributed by atoms with van der Waals surface area (Å²) in [4.78, 5) is 2.26. The van der Waals surface area contributed by atoms with Gasteiger partial charge in [0, 0.05) is 32.2 Å². The van der Waals surface area contributed by atoms with E-state index in [1.165, 1.54) is 25.0 Å². The quantitative estimate of drug-likeness (QED) is 0.918. The molecule has 0 bridgehead atoms. The molecule has 2 nitrogen and oxygen atoms in total. The van der Waals surface area contributed by atoms with Crippen molar-refractivity contribution in [2.75, 3.05) is 19.6 Å². The molecule has 3 rings (SSSR count). The Morgan fingerprint density at radius 1 is 1.25 bits per heavy atom. The van der Waals surface area contributed by atoms with Crippen LogP contribution in [0.5, 0.6) is 0 Å². The van der Waals surface area contributed by atoms with Crippen molar-refractivity contribution in [1.82, 2.24) is 10.2 Å². The highest BCUT2D eigenvalue weighted by atomic mass is 19.4. The SMILES string of the molecule is FC(F)(F)c1cccc(CN2CCNC(C3CC3)C2)c1. The third-order valence-corrected chi connectivity index (χ3v) is 4.14. The highest BCUT2D eigenvalue weighted by Gasteiger charge is 2.34. The molecule has 5 heteroatoms. The van der Waals surface area contributed by atoms with E-state index in [4.69, 9.17) is 0 Å².